The summed E-state index contributed by atoms with van der Waals surface area (Å²) in [7, 11) is -2.89. The Labute approximate surface area is 292 Å². The van der Waals surface area contributed by atoms with Crippen molar-refractivity contribution in [2.45, 2.75) is 62.0 Å². The number of rotatable bonds is 13. The third-order valence-corrected chi connectivity index (χ3v) is 10.8. The number of amides is 2. The molecule has 0 saturated heterocycles. The quantitative estimate of drug-likeness (QED) is 0.158. The molecule has 4 aromatic carbocycles. The van der Waals surface area contributed by atoms with Crippen LogP contribution in [0.5, 0.6) is 5.75 Å². The highest BCUT2D eigenvalue weighted by Gasteiger charge is 2.36. The number of benzene rings is 4. The molecule has 1 fully saturated rings. The van der Waals surface area contributed by atoms with Gasteiger partial charge in [-0.3, -0.25) is 13.9 Å². The molecule has 1 N–H and O–H groups in total. The van der Waals surface area contributed by atoms with Crippen LogP contribution < -0.4 is 14.4 Å². The first-order valence-corrected chi connectivity index (χ1v) is 18.1. The Morgan fingerprint density at radius 1 is 0.833 bits per heavy atom. The third kappa shape index (κ3) is 8.89. The number of ether oxygens (including phenoxy) is 1. The van der Waals surface area contributed by atoms with Crippen LogP contribution in [0.2, 0.25) is 10.0 Å². The van der Waals surface area contributed by atoms with Crippen molar-refractivity contribution in [1.82, 2.24) is 10.2 Å². The van der Waals surface area contributed by atoms with E-state index in [0.29, 0.717) is 5.02 Å². The van der Waals surface area contributed by atoms with Crippen molar-refractivity contribution >= 4 is 50.7 Å². The molecule has 8 nitrogen and oxygen atoms in total. The molecule has 2 amide bonds. The predicted molar refractivity (Wildman–Crippen MR) is 190 cm³/mol. The van der Waals surface area contributed by atoms with Crippen molar-refractivity contribution in [2.75, 3.05) is 18.0 Å². The summed E-state index contributed by atoms with van der Waals surface area (Å²) in [5.41, 5.74) is 1.69. The molecule has 11 heteroatoms. The minimum absolute atomic E-state index is 0.00249. The fourth-order valence-corrected chi connectivity index (χ4v) is 7.71. The summed E-state index contributed by atoms with van der Waals surface area (Å²) in [5.74, 6) is -0.649. The third-order valence-electron chi connectivity index (χ3n) is 8.51. The lowest BCUT2D eigenvalue weighted by Gasteiger charge is -2.35. The van der Waals surface area contributed by atoms with Gasteiger partial charge < -0.3 is 15.0 Å². The lowest BCUT2D eigenvalue weighted by atomic mass is 9.94. The average molecular weight is 709 g/mol. The molecule has 5 rings (SSSR count). The van der Waals surface area contributed by atoms with E-state index in [1.165, 1.54) is 30.2 Å². The lowest BCUT2D eigenvalue weighted by Crippen LogP contribution is -2.55. The lowest BCUT2D eigenvalue weighted by molar-refractivity contribution is -0.140. The van der Waals surface area contributed by atoms with Crippen LogP contribution in [-0.4, -0.2) is 50.9 Å². The van der Waals surface area contributed by atoms with Gasteiger partial charge in [0.05, 0.1) is 17.7 Å². The number of nitrogens with zero attached hydrogens (tertiary/aromatic N) is 2. The van der Waals surface area contributed by atoms with E-state index in [4.69, 9.17) is 27.9 Å². The highest BCUT2D eigenvalue weighted by atomic mass is 35.5. The summed E-state index contributed by atoms with van der Waals surface area (Å²) >= 11 is 12.6. The van der Waals surface area contributed by atoms with E-state index in [1.807, 2.05) is 30.3 Å². The van der Waals surface area contributed by atoms with Crippen molar-refractivity contribution in [1.29, 1.82) is 0 Å². The molecule has 0 radical (unpaired) electrons. The molecule has 1 aliphatic carbocycles. The van der Waals surface area contributed by atoms with Crippen molar-refractivity contribution < 1.29 is 22.7 Å². The van der Waals surface area contributed by atoms with Gasteiger partial charge in [-0.2, -0.15) is 0 Å². The van der Waals surface area contributed by atoms with Crippen LogP contribution in [0.4, 0.5) is 5.69 Å². The van der Waals surface area contributed by atoms with Gasteiger partial charge >= 0.3 is 0 Å². The zero-order chi connectivity index (χ0) is 34.1. The second-order valence-electron chi connectivity index (χ2n) is 11.8. The van der Waals surface area contributed by atoms with E-state index in [1.54, 1.807) is 54.6 Å². The first-order chi connectivity index (χ1) is 23.2. The molecule has 0 unspecified atom stereocenters. The van der Waals surface area contributed by atoms with Crippen LogP contribution in [0.15, 0.2) is 108 Å². The average Bonchev–Trinajstić information content (AvgIpc) is 3.10. The van der Waals surface area contributed by atoms with Crippen LogP contribution in [0.1, 0.15) is 43.2 Å². The number of carbonyl (C=O) groups is 2. The normalized spacial score (nSPS) is 14.1. The molecule has 0 heterocycles. The van der Waals surface area contributed by atoms with Crippen molar-refractivity contribution in [3.05, 3.63) is 124 Å². The van der Waals surface area contributed by atoms with Crippen LogP contribution in [0.3, 0.4) is 0 Å². The summed E-state index contributed by atoms with van der Waals surface area (Å²) in [4.78, 5) is 30.4. The molecule has 0 bridgehead atoms. The zero-order valence-electron chi connectivity index (χ0n) is 26.7. The van der Waals surface area contributed by atoms with Gasteiger partial charge in [-0.05, 0) is 66.4 Å². The summed E-state index contributed by atoms with van der Waals surface area (Å²) in [6.07, 6.45) is 5.13. The van der Waals surface area contributed by atoms with Gasteiger partial charge in [-0.1, -0.05) is 103 Å². The van der Waals surface area contributed by atoms with Crippen molar-refractivity contribution in [2.24, 2.45) is 0 Å². The summed E-state index contributed by atoms with van der Waals surface area (Å²) < 4.78 is 35.1. The molecule has 252 valence electrons. The molecule has 0 aliphatic heterocycles. The topological polar surface area (TPSA) is 96.0 Å². The van der Waals surface area contributed by atoms with Gasteiger partial charge in [0.15, 0.2) is 0 Å². The number of halogens is 2. The molecule has 0 aromatic heterocycles. The number of methoxy groups -OCH3 is 1. The highest BCUT2D eigenvalue weighted by Crippen LogP contribution is 2.35. The number of hydrogen-bond acceptors (Lipinski definition) is 5. The second-order valence-corrected chi connectivity index (χ2v) is 14.6. The Morgan fingerprint density at radius 3 is 2.10 bits per heavy atom. The molecule has 48 heavy (non-hydrogen) atoms. The van der Waals surface area contributed by atoms with Gasteiger partial charge in [0.25, 0.3) is 10.0 Å². The van der Waals surface area contributed by atoms with Crippen LogP contribution in [0, 0.1) is 0 Å². The molecule has 4 aromatic rings. The number of carbonyl (C=O) groups excluding carboxylic acids is 2. The molecule has 1 saturated carbocycles. The van der Waals surface area contributed by atoms with E-state index in [0.717, 1.165) is 47.5 Å². The van der Waals surface area contributed by atoms with Crippen LogP contribution in [-0.2, 0) is 32.6 Å². The minimum Gasteiger partial charge on any atom is -0.495 e. The SMILES string of the molecule is COc1ccc(Cl)cc1N(CC(=O)N(Cc1ccc(Cl)cc1)[C@H](Cc1ccccc1)C(=O)NC1CCCCC1)S(=O)(=O)c1ccccc1. The monoisotopic (exact) mass is 707 g/mol. The number of hydrogen-bond donors (Lipinski definition) is 1. The first-order valence-electron chi connectivity index (χ1n) is 16.0. The minimum atomic E-state index is -4.31. The summed E-state index contributed by atoms with van der Waals surface area (Å²) in [6, 6.07) is 28.0. The van der Waals surface area contributed by atoms with Gasteiger partial charge in [0, 0.05) is 29.1 Å². The number of sulfonamides is 1. The van der Waals surface area contributed by atoms with Gasteiger partial charge in [-0.25, -0.2) is 8.42 Å². The number of nitrogens with one attached hydrogen (secondary N) is 1. The Morgan fingerprint density at radius 2 is 1.46 bits per heavy atom. The van der Waals surface area contributed by atoms with E-state index >= 15 is 0 Å². The Kier molecular flexibility index (Phi) is 12.0. The Hall–Kier alpha value is -4.05. The molecular weight excluding hydrogens is 669 g/mol. The van der Waals surface area contributed by atoms with Crippen molar-refractivity contribution in [3.8, 4) is 5.75 Å². The maximum Gasteiger partial charge on any atom is 0.264 e. The summed E-state index contributed by atoms with van der Waals surface area (Å²) in [6.45, 7) is -0.582. The van der Waals surface area contributed by atoms with Gasteiger partial charge in [0.2, 0.25) is 11.8 Å². The Balaban J connectivity index is 1.59. The van der Waals surface area contributed by atoms with E-state index in [2.05, 4.69) is 5.32 Å². The predicted octanol–water partition coefficient (Wildman–Crippen LogP) is 7.29. The second kappa shape index (κ2) is 16.4. The highest BCUT2D eigenvalue weighted by molar-refractivity contribution is 7.92. The van der Waals surface area contributed by atoms with Crippen LogP contribution >= 0.6 is 23.2 Å². The molecule has 0 spiro atoms. The Bertz CT molecular complexity index is 1790. The standard InChI is InChI=1S/C37H39Cl2N3O5S/c1-47-35-22-21-30(39)24-33(35)42(48(45,46)32-15-9-4-10-16-32)26-36(43)41(25-28-17-19-29(38)20-18-28)34(23-27-11-5-2-6-12-27)37(44)40-31-13-7-3-8-14-31/h2,4-6,9-12,15-22,24,31,34H,3,7-8,13-14,23,25-26H2,1H3,(H,40,44)/t34-/m1/s1. The fourth-order valence-electron chi connectivity index (χ4n) is 5.98. The maximum absolute atomic E-state index is 14.7. The van der Waals surface area contributed by atoms with E-state index < -0.39 is 28.5 Å². The smallest absolute Gasteiger partial charge is 0.264 e. The largest absolute Gasteiger partial charge is 0.495 e. The van der Waals surface area contributed by atoms with Gasteiger partial charge in [-0.15, -0.1) is 0 Å². The van der Waals surface area contributed by atoms with Gasteiger partial charge in [0.1, 0.15) is 18.3 Å². The zero-order valence-corrected chi connectivity index (χ0v) is 29.1. The molecular formula is C37H39Cl2N3O5S. The summed E-state index contributed by atoms with van der Waals surface area (Å²) in [5, 5.41) is 4.00. The molecule has 1 atom stereocenters. The van der Waals surface area contributed by atoms with Crippen molar-refractivity contribution in [3.63, 3.8) is 0 Å². The fraction of sp³-hybridized carbons (Fsp3) is 0.297. The van der Waals surface area contributed by atoms with E-state index in [-0.39, 0.29) is 46.3 Å². The molecule has 1 aliphatic rings. The number of anilines is 1. The van der Waals surface area contributed by atoms with E-state index in [9.17, 15) is 18.0 Å². The van der Waals surface area contributed by atoms with Crippen LogP contribution in [0.25, 0.3) is 0 Å². The first kappa shape index (κ1) is 35.3. The maximum atomic E-state index is 14.7.